The number of rotatable bonds is 78. The summed E-state index contributed by atoms with van der Waals surface area (Å²) in [5, 5.41) is 9.73. The summed E-state index contributed by atoms with van der Waals surface area (Å²) in [4.78, 5) is 24.7. The summed E-state index contributed by atoms with van der Waals surface area (Å²) in [7, 11) is 0. The minimum atomic E-state index is -0.770. The molecular formula is C85H160O5. The number of carbonyl (C=O) groups excluding carboxylic acids is 2. The molecule has 5 heteroatoms. The lowest BCUT2D eigenvalue weighted by molar-refractivity contribution is -0.161. The highest BCUT2D eigenvalue weighted by Gasteiger charge is 2.16. The third-order valence-corrected chi connectivity index (χ3v) is 19.1. The number of carbonyl (C=O) groups is 2. The Balaban J connectivity index is 3.36. The molecule has 0 fully saturated rings. The SMILES string of the molecule is CCCCCCC/C=C\C/C=C\C/C=C\CCCCCCCCCCCCCCCCCCCCCCCCCCC(=O)OC(CO)COC(=O)CCCCCCCCCCCCCCCCCCCCCCCCCCC/C=C\CCCCCCCCCC. The summed E-state index contributed by atoms with van der Waals surface area (Å²) in [5.74, 6) is -0.562. The van der Waals surface area contributed by atoms with Crippen LogP contribution in [0.4, 0.5) is 0 Å². The van der Waals surface area contributed by atoms with Crippen LogP contribution in [0.2, 0.25) is 0 Å². The lowest BCUT2D eigenvalue weighted by Crippen LogP contribution is -2.28. The normalized spacial score (nSPS) is 12.3. The summed E-state index contributed by atoms with van der Waals surface area (Å²) in [6, 6.07) is 0. The zero-order valence-electron chi connectivity index (χ0n) is 61.2. The third kappa shape index (κ3) is 78.3. The van der Waals surface area contributed by atoms with Gasteiger partial charge in [-0.15, -0.1) is 0 Å². The maximum absolute atomic E-state index is 12.4. The molecule has 0 aromatic heterocycles. The third-order valence-electron chi connectivity index (χ3n) is 19.1. The number of unbranched alkanes of at least 4 members (excludes halogenated alkanes) is 62. The largest absolute Gasteiger partial charge is 0.462 e. The molecule has 0 amide bonds. The molecule has 0 bridgehead atoms. The van der Waals surface area contributed by atoms with Gasteiger partial charge in [0.2, 0.25) is 0 Å². The molecule has 0 saturated carbocycles. The Morgan fingerprint density at radius 3 is 0.678 bits per heavy atom. The van der Waals surface area contributed by atoms with Crippen molar-refractivity contribution in [2.75, 3.05) is 13.2 Å². The fraction of sp³-hybridized carbons (Fsp3) is 0.882. The molecule has 0 aliphatic rings. The molecule has 0 radical (unpaired) electrons. The van der Waals surface area contributed by atoms with Crippen LogP contribution in [-0.2, 0) is 19.1 Å². The van der Waals surface area contributed by atoms with Gasteiger partial charge in [0.25, 0.3) is 0 Å². The first-order chi connectivity index (χ1) is 44.6. The van der Waals surface area contributed by atoms with Gasteiger partial charge >= 0.3 is 11.9 Å². The van der Waals surface area contributed by atoms with Gasteiger partial charge in [0.05, 0.1) is 6.61 Å². The Labute approximate surface area is 564 Å². The number of aliphatic hydroxyl groups excluding tert-OH is 1. The Morgan fingerprint density at radius 1 is 0.256 bits per heavy atom. The summed E-state index contributed by atoms with van der Waals surface area (Å²) in [6.07, 6.45) is 111. The van der Waals surface area contributed by atoms with E-state index in [0.29, 0.717) is 12.8 Å². The number of allylic oxidation sites excluding steroid dienone is 8. The van der Waals surface area contributed by atoms with E-state index < -0.39 is 6.10 Å². The average molecular weight is 1260 g/mol. The summed E-state index contributed by atoms with van der Waals surface area (Å²) in [6.45, 7) is 4.20. The van der Waals surface area contributed by atoms with Crippen LogP contribution in [0.3, 0.4) is 0 Å². The number of hydrogen-bond donors (Lipinski definition) is 1. The molecule has 0 aromatic rings. The standard InChI is InChI=1S/C85H160O5/c1-3-5-7-9-11-13-15-17-19-21-23-25-27-29-31-33-35-37-39-41-42-44-46-48-50-52-54-56-58-60-62-64-66-68-70-72-74-76-78-80-85(88)90-83(81-86)82-89-84(87)79-77-75-73-71-69-67-65-63-61-59-57-55-53-51-49-47-45-43-40-38-36-34-32-30-28-26-24-22-20-18-16-14-12-10-8-6-4-2/h15,17,21-24,27,29,83,86H,3-14,16,18-20,25-26,28,30-82H2,1-2H3/b17-15-,23-21-,24-22-,29-27-. The molecule has 0 spiro atoms. The number of esters is 2. The van der Waals surface area contributed by atoms with Crippen LogP contribution >= 0.6 is 0 Å². The lowest BCUT2D eigenvalue weighted by Gasteiger charge is -2.15. The quantitative estimate of drug-likeness (QED) is 0.0373. The molecule has 0 heterocycles. The second kappa shape index (κ2) is 81.1. The molecule has 1 unspecified atom stereocenters. The predicted molar refractivity (Wildman–Crippen MR) is 399 cm³/mol. The maximum atomic E-state index is 12.4. The van der Waals surface area contributed by atoms with E-state index in [-0.39, 0.29) is 25.2 Å². The van der Waals surface area contributed by atoms with Crippen molar-refractivity contribution in [1.29, 1.82) is 0 Å². The van der Waals surface area contributed by atoms with Crippen LogP contribution in [0, 0.1) is 0 Å². The van der Waals surface area contributed by atoms with E-state index in [1.54, 1.807) is 0 Å². The van der Waals surface area contributed by atoms with Crippen LogP contribution in [0.1, 0.15) is 463 Å². The second-order valence-electron chi connectivity index (χ2n) is 28.2. The van der Waals surface area contributed by atoms with Crippen LogP contribution < -0.4 is 0 Å². The molecule has 0 aromatic carbocycles. The van der Waals surface area contributed by atoms with Gasteiger partial charge in [0, 0.05) is 12.8 Å². The Hall–Kier alpha value is -2.14. The van der Waals surface area contributed by atoms with Gasteiger partial charge in [-0.3, -0.25) is 9.59 Å². The number of ether oxygens (including phenoxy) is 2. The fourth-order valence-electron chi connectivity index (χ4n) is 12.9. The maximum Gasteiger partial charge on any atom is 0.306 e. The van der Waals surface area contributed by atoms with Crippen LogP contribution in [0.15, 0.2) is 48.6 Å². The van der Waals surface area contributed by atoms with Crippen molar-refractivity contribution in [3.8, 4) is 0 Å². The summed E-state index contributed by atoms with van der Waals surface area (Å²) in [5.41, 5.74) is 0. The van der Waals surface area contributed by atoms with Crippen molar-refractivity contribution >= 4 is 11.9 Å². The van der Waals surface area contributed by atoms with Crippen molar-refractivity contribution in [1.82, 2.24) is 0 Å². The minimum absolute atomic E-state index is 0.0586. The molecule has 1 atom stereocenters. The van der Waals surface area contributed by atoms with Gasteiger partial charge in [0.15, 0.2) is 6.10 Å². The predicted octanol–water partition coefficient (Wildman–Crippen LogP) is 29.0. The van der Waals surface area contributed by atoms with Crippen molar-refractivity contribution in [3.05, 3.63) is 48.6 Å². The van der Waals surface area contributed by atoms with E-state index in [2.05, 4.69) is 62.5 Å². The van der Waals surface area contributed by atoms with E-state index in [4.69, 9.17) is 9.47 Å². The molecule has 0 rings (SSSR count). The van der Waals surface area contributed by atoms with Gasteiger partial charge < -0.3 is 14.6 Å². The highest BCUT2D eigenvalue weighted by atomic mass is 16.6. The van der Waals surface area contributed by atoms with Gasteiger partial charge in [0.1, 0.15) is 6.61 Å². The Bertz CT molecular complexity index is 1480. The molecule has 5 nitrogen and oxygen atoms in total. The van der Waals surface area contributed by atoms with Crippen LogP contribution in [-0.4, -0.2) is 36.4 Å². The highest BCUT2D eigenvalue weighted by molar-refractivity contribution is 5.70. The molecular weight excluding hydrogens is 1100 g/mol. The van der Waals surface area contributed by atoms with E-state index >= 15 is 0 Å². The van der Waals surface area contributed by atoms with E-state index in [0.717, 1.165) is 44.9 Å². The number of hydrogen-bond acceptors (Lipinski definition) is 5. The van der Waals surface area contributed by atoms with Crippen LogP contribution in [0.5, 0.6) is 0 Å². The fourth-order valence-corrected chi connectivity index (χ4v) is 12.9. The van der Waals surface area contributed by atoms with Crippen molar-refractivity contribution in [3.63, 3.8) is 0 Å². The second-order valence-corrected chi connectivity index (χ2v) is 28.2. The van der Waals surface area contributed by atoms with Crippen molar-refractivity contribution in [2.24, 2.45) is 0 Å². The van der Waals surface area contributed by atoms with Gasteiger partial charge in [-0.25, -0.2) is 0 Å². The van der Waals surface area contributed by atoms with Gasteiger partial charge in [-0.2, -0.15) is 0 Å². The van der Waals surface area contributed by atoms with E-state index in [9.17, 15) is 14.7 Å². The first-order valence-electron chi connectivity index (χ1n) is 41.2. The summed E-state index contributed by atoms with van der Waals surface area (Å²) < 4.78 is 10.8. The van der Waals surface area contributed by atoms with Crippen molar-refractivity contribution < 1.29 is 24.2 Å². The minimum Gasteiger partial charge on any atom is -0.462 e. The van der Waals surface area contributed by atoms with Gasteiger partial charge in [-0.1, -0.05) is 422 Å². The molecule has 530 valence electrons. The van der Waals surface area contributed by atoms with E-state index in [1.165, 1.54) is 392 Å². The van der Waals surface area contributed by atoms with Crippen molar-refractivity contribution in [2.45, 2.75) is 469 Å². The highest BCUT2D eigenvalue weighted by Crippen LogP contribution is 2.20. The Kier molecular flexibility index (Phi) is 79.2. The zero-order valence-corrected chi connectivity index (χ0v) is 61.2. The Morgan fingerprint density at radius 2 is 0.444 bits per heavy atom. The lowest BCUT2D eigenvalue weighted by atomic mass is 10.0. The first kappa shape index (κ1) is 87.9. The molecule has 90 heavy (non-hydrogen) atoms. The zero-order chi connectivity index (χ0) is 64.7. The first-order valence-corrected chi connectivity index (χ1v) is 41.2. The molecule has 0 aliphatic heterocycles. The summed E-state index contributed by atoms with van der Waals surface area (Å²) >= 11 is 0. The smallest absolute Gasteiger partial charge is 0.306 e. The van der Waals surface area contributed by atoms with Gasteiger partial charge in [-0.05, 0) is 77.0 Å². The average Bonchev–Trinajstić information content (AvgIpc) is 3.59. The monoisotopic (exact) mass is 1260 g/mol. The van der Waals surface area contributed by atoms with Crippen LogP contribution in [0.25, 0.3) is 0 Å². The molecule has 0 aliphatic carbocycles. The van der Waals surface area contributed by atoms with E-state index in [1.807, 2.05) is 0 Å². The topological polar surface area (TPSA) is 72.8 Å². The molecule has 0 saturated heterocycles. The molecule has 1 N–H and O–H groups in total. The number of aliphatic hydroxyl groups is 1.